The number of amides is 2. The van der Waals surface area contributed by atoms with Crippen molar-refractivity contribution in [2.75, 3.05) is 26.2 Å². The molecule has 3 rings (SSSR count). The number of likely N-dealkylation sites (tertiary alicyclic amines) is 2. The van der Waals surface area contributed by atoms with E-state index in [1.807, 2.05) is 30.6 Å². The van der Waals surface area contributed by atoms with E-state index in [1.54, 1.807) is 12.1 Å². The van der Waals surface area contributed by atoms with E-state index < -0.39 is 0 Å². The zero-order chi connectivity index (χ0) is 18.9. The Hall–Kier alpha value is -1.91. The summed E-state index contributed by atoms with van der Waals surface area (Å²) in [7, 11) is 0. The molecule has 26 heavy (non-hydrogen) atoms. The zero-order valence-electron chi connectivity index (χ0n) is 16.0. The van der Waals surface area contributed by atoms with Crippen molar-refractivity contribution in [2.45, 2.75) is 46.0 Å². The first-order valence-electron chi connectivity index (χ1n) is 9.57. The molecule has 0 aliphatic carbocycles. The second-order valence-corrected chi connectivity index (χ2v) is 8.83. The molecular weight excluding hydrogens is 331 g/mol. The van der Waals surface area contributed by atoms with Gasteiger partial charge in [0.05, 0.1) is 5.92 Å². The van der Waals surface area contributed by atoms with E-state index in [0.29, 0.717) is 19.5 Å². The average Bonchev–Trinajstić information content (AvgIpc) is 3.23. The Labute approximate surface area is 155 Å². The SMILES string of the molecule is CC(C)(C)CC(=O)N1CC(C(=O)N2CCCC2)C(c2ccc(F)cc2)C1. The molecule has 2 fully saturated rings. The third kappa shape index (κ3) is 4.25. The van der Waals surface area contributed by atoms with Crippen LogP contribution < -0.4 is 0 Å². The third-order valence-electron chi connectivity index (χ3n) is 5.39. The molecule has 2 saturated heterocycles. The van der Waals surface area contributed by atoms with Crippen LogP contribution in [0.2, 0.25) is 0 Å². The van der Waals surface area contributed by atoms with Crippen LogP contribution in [-0.4, -0.2) is 47.8 Å². The largest absolute Gasteiger partial charge is 0.342 e. The molecular formula is C21H29FN2O2. The Kier molecular flexibility index (Phi) is 5.35. The molecule has 0 bridgehead atoms. The number of carbonyl (C=O) groups excluding carboxylic acids is 2. The summed E-state index contributed by atoms with van der Waals surface area (Å²) >= 11 is 0. The predicted molar refractivity (Wildman–Crippen MR) is 99.1 cm³/mol. The number of hydrogen-bond donors (Lipinski definition) is 0. The lowest BCUT2D eigenvalue weighted by Gasteiger charge is -2.24. The van der Waals surface area contributed by atoms with Crippen molar-refractivity contribution in [2.24, 2.45) is 11.3 Å². The van der Waals surface area contributed by atoms with Crippen molar-refractivity contribution < 1.29 is 14.0 Å². The number of rotatable bonds is 3. The minimum Gasteiger partial charge on any atom is -0.342 e. The zero-order valence-corrected chi connectivity index (χ0v) is 16.0. The molecule has 1 aromatic rings. The molecule has 0 N–H and O–H groups in total. The molecule has 2 atom stereocenters. The van der Waals surface area contributed by atoms with Gasteiger partial charge >= 0.3 is 0 Å². The van der Waals surface area contributed by atoms with Gasteiger partial charge in [-0.3, -0.25) is 9.59 Å². The van der Waals surface area contributed by atoms with Crippen molar-refractivity contribution in [1.29, 1.82) is 0 Å². The Morgan fingerprint density at radius 3 is 2.23 bits per heavy atom. The maximum absolute atomic E-state index is 13.3. The molecule has 0 aromatic heterocycles. The fourth-order valence-corrected chi connectivity index (χ4v) is 4.04. The lowest BCUT2D eigenvalue weighted by atomic mass is 9.88. The maximum Gasteiger partial charge on any atom is 0.228 e. The lowest BCUT2D eigenvalue weighted by Crippen LogP contribution is -2.38. The highest BCUT2D eigenvalue weighted by molar-refractivity contribution is 5.83. The van der Waals surface area contributed by atoms with Gasteiger partial charge in [-0.1, -0.05) is 32.9 Å². The van der Waals surface area contributed by atoms with Gasteiger partial charge in [-0.2, -0.15) is 0 Å². The Morgan fingerprint density at radius 2 is 1.65 bits per heavy atom. The van der Waals surface area contributed by atoms with E-state index >= 15 is 0 Å². The standard InChI is InChI=1S/C21H29FN2O2/c1-21(2,3)12-19(25)24-13-17(15-6-8-16(22)9-7-15)18(14-24)20(26)23-10-4-5-11-23/h6-9,17-18H,4-5,10-14H2,1-3H3. The van der Waals surface area contributed by atoms with Crippen molar-refractivity contribution in [1.82, 2.24) is 9.80 Å². The molecule has 2 amide bonds. The van der Waals surface area contributed by atoms with Crippen LogP contribution in [0.15, 0.2) is 24.3 Å². The van der Waals surface area contributed by atoms with E-state index in [0.717, 1.165) is 31.5 Å². The third-order valence-corrected chi connectivity index (χ3v) is 5.39. The highest BCUT2D eigenvalue weighted by Crippen LogP contribution is 2.36. The highest BCUT2D eigenvalue weighted by Gasteiger charge is 2.42. The van der Waals surface area contributed by atoms with Crippen molar-refractivity contribution in [3.8, 4) is 0 Å². The van der Waals surface area contributed by atoms with Crippen LogP contribution in [0, 0.1) is 17.2 Å². The van der Waals surface area contributed by atoms with E-state index in [2.05, 4.69) is 0 Å². The predicted octanol–water partition coefficient (Wildman–Crippen LogP) is 3.43. The van der Waals surface area contributed by atoms with Gasteiger partial charge in [-0.05, 0) is 36.0 Å². The Bertz CT molecular complexity index is 660. The molecule has 5 heteroatoms. The monoisotopic (exact) mass is 360 g/mol. The van der Waals surface area contributed by atoms with Gasteiger partial charge in [0.25, 0.3) is 0 Å². The molecule has 1 aromatic carbocycles. The van der Waals surface area contributed by atoms with Crippen molar-refractivity contribution in [3.05, 3.63) is 35.6 Å². The number of benzene rings is 1. The van der Waals surface area contributed by atoms with Gasteiger partial charge in [0.1, 0.15) is 5.82 Å². The summed E-state index contributed by atoms with van der Waals surface area (Å²) in [4.78, 5) is 29.5. The van der Waals surface area contributed by atoms with Gasteiger partial charge in [-0.25, -0.2) is 4.39 Å². The highest BCUT2D eigenvalue weighted by atomic mass is 19.1. The van der Waals surface area contributed by atoms with Crippen molar-refractivity contribution in [3.63, 3.8) is 0 Å². The summed E-state index contributed by atoms with van der Waals surface area (Å²) < 4.78 is 13.3. The van der Waals surface area contributed by atoms with Crippen LogP contribution in [0.3, 0.4) is 0 Å². The van der Waals surface area contributed by atoms with Gasteiger partial charge in [0.2, 0.25) is 11.8 Å². The van der Waals surface area contributed by atoms with Gasteiger partial charge in [-0.15, -0.1) is 0 Å². The smallest absolute Gasteiger partial charge is 0.228 e. The first kappa shape index (κ1) is 18.9. The van der Waals surface area contributed by atoms with Gasteiger partial charge in [0.15, 0.2) is 0 Å². The topological polar surface area (TPSA) is 40.6 Å². The second kappa shape index (κ2) is 7.37. The van der Waals surface area contributed by atoms with Crippen LogP contribution in [-0.2, 0) is 9.59 Å². The van der Waals surface area contributed by atoms with Crippen LogP contribution in [0.25, 0.3) is 0 Å². The number of hydrogen-bond acceptors (Lipinski definition) is 2. The molecule has 0 radical (unpaired) electrons. The molecule has 0 spiro atoms. The van der Waals surface area contributed by atoms with Crippen LogP contribution in [0.1, 0.15) is 51.5 Å². The molecule has 2 aliphatic rings. The summed E-state index contributed by atoms with van der Waals surface area (Å²) in [6.45, 7) is 8.75. The van der Waals surface area contributed by atoms with Gasteiger partial charge < -0.3 is 9.80 Å². The number of carbonyl (C=O) groups is 2. The normalized spacial score (nSPS) is 23.5. The summed E-state index contributed by atoms with van der Waals surface area (Å²) in [6, 6.07) is 6.38. The summed E-state index contributed by atoms with van der Waals surface area (Å²) in [5.41, 5.74) is 0.856. The minimum absolute atomic E-state index is 0.0624. The first-order chi connectivity index (χ1) is 12.2. The Morgan fingerprint density at radius 1 is 1.04 bits per heavy atom. The summed E-state index contributed by atoms with van der Waals surface area (Å²) in [5.74, 6) is -0.339. The van der Waals surface area contributed by atoms with E-state index in [9.17, 15) is 14.0 Å². The molecule has 2 unspecified atom stereocenters. The van der Waals surface area contributed by atoms with Crippen molar-refractivity contribution >= 4 is 11.8 Å². The quantitative estimate of drug-likeness (QED) is 0.829. The fraction of sp³-hybridized carbons (Fsp3) is 0.619. The van der Waals surface area contributed by atoms with Crippen LogP contribution in [0.5, 0.6) is 0 Å². The summed E-state index contributed by atoms with van der Waals surface area (Å²) in [5, 5.41) is 0. The van der Waals surface area contributed by atoms with E-state index in [-0.39, 0.29) is 34.9 Å². The first-order valence-corrected chi connectivity index (χ1v) is 9.57. The molecule has 142 valence electrons. The fourth-order valence-electron chi connectivity index (χ4n) is 4.04. The number of halogens is 1. The lowest BCUT2D eigenvalue weighted by molar-refractivity contribution is -0.135. The molecule has 0 saturated carbocycles. The number of nitrogens with zero attached hydrogens (tertiary/aromatic N) is 2. The van der Waals surface area contributed by atoms with E-state index in [4.69, 9.17) is 0 Å². The second-order valence-electron chi connectivity index (χ2n) is 8.83. The van der Waals surface area contributed by atoms with E-state index in [1.165, 1.54) is 12.1 Å². The Balaban J connectivity index is 1.81. The summed E-state index contributed by atoms with van der Waals surface area (Å²) in [6.07, 6.45) is 2.56. The average molecular weight is 360 g/mol. The molecule has 2 heterocycles. The molecule has 2 aliphatic heterocycles. The molecule has 4 nitrogen and oxygen atoms in total. The van der Waals surface area contributed by atoms with Crippen LogP contribution >= 0.6 is 0 Å². The maximum atomic E-state index is 13.3. The van der Waals surface area contributed by atoms with Crippen LogP contribution in [0.4, 0.5) is 4.39 Å². The van der Waals surface area contributed by atoms with Gasteiger partial charge in [0, 0.05) is 38.5 Å². The minimum atomic E-state index is -0.283.